The van der Waals surface area contributed by atoms with Crippen molar-refractivity contribution in [2.24, 2.45) is 0 Å². The highest BCUT2D eigenvalue weighted by Crippen LogP contribution is 2.38. The largest absolute Gasteiger partial charge is 0.357 e. The van der Waals surface area contributed by atoms with Crippen LogP contribution in [0.25, 0.3) is 0 Å². The van der Waals surface area contributed by atoms with Gasteiger partial charge in [-0.05, 0) is 31.9 Å². The fraction of sp³-hybridized carbons (Fsp3) is 0.412. The maximum Gasteiger partial charge on any atom is 0.246 e. The average Bonchev–Trinajstić information content (AvgIpc) is 2.99. The van der Waals surface area contributed by atoms with E-state index in [2.05, 4.69) is 25.2 Å². The Labute approximate surface area is 136 Å². The number of pyridine rings is 1. The van der Waals surface area contributed by atoms with E-state index in [1.807, 2.05) is 25.1 Å². The van der Waals surface area contributed by atoms with Gasteiger partial charge in [-0.1, -0.05) is 6.07 Å². The van der Waals surface area contributed by atoms with Crippen molar-refractivity contribution in [3.8, 4) is 0 Å². The summed E-state index contributed by atoms with van der Waals surface area (Å²) in [5.41, 5.74) is 1.87. The number of hydrogen-bond donors (Lipinski definition) is 1. The number of aromatic nitrogens is 3. The molecule has 1 fully saturated rings. The highest BCUT2D eigenvalue weighted by atomic mass is 16.2. The monoisotopic (exact) mass is 311 g/mol. The number of nitrogens with one attached hydrogen (secondary N) is 1. The number of carbonyl (C=O) groups is 1. The van der Waals surface area contributed by atoms with Crippen molar-refractivity contribution in [1.82, 2.24) is 25.2 Å². The molecule has 1 unspecified atom stereocenters. The second kappa shape index (κ2) is 6.42. The minimum absolute atomic E-state index is 0.0387. The van der Waals surface area contributed by atoms with Gasteiger partial charge in [0.2, 0.25) is 5.91 Å². The molecule has 0 aliphatic carbocycles. The van der Waals surface area contributed by atoms with Crippen LogP contribution in [-0.2, 0) is 16.9 Å². The van der Waals surface area contributed by atoms with Crippen LogP contribution in [0.1, 0.15) is 29.9 Å². The molecule has 6 heteroatoms. The standard InChI is InChI=1S/C17H21N5O/c1-13-5-3-6-14(21-13)12-22-10-4-7-17(22,16(23)18-2)15-11-19-8-9-20-15/h3,5-6,8-9,11H,4,7,10,12H2,1-2H3,(H,18,23). The molecule has 2 aromatic heterocycles. The summed E-state index contributed by atoms with van der Waals surface area (Å²) in [6, 6.07) is 5.97. The molecule has 120 valence electrons. The molecule has 1 N–H and O–H groups in total. The fourth-order valence-electron chi connectivity index (χ4n) is 3.35. The molecular formula is C17H21N5O. The van der Waals surface area contributed by atoms with Crippen molar-refractivity contribution >= 4 is 5.91 Å². The lowest BCUT2D eigenvalue weighted by Gasteiger charge is -2.35. The Hall–Kier alpha value is -2.34. The molecule has 0 bridgehead atoms. The Bertz CT molecular complexity index is 690. The van der Waals surface area contributed by atoms with E-state index in [0.29, 0.717) is 12.2 Å². The lowest BCUT2D eigenvalue weighted by atomic mass is 9.90. The number of likely N-dealkylation sites (tertiary alicyclic amines) is 1. The number of carbonyl (C=O) groups excluding carboxylic acids is 1. The third kappa shape index (κ3) is 2.82. The van der Waals surface area contributed by atoms with E-state index in [4.69, 9.17) is 0 Å². The van der Waals surface area contributed by atoms with Crippen molar-refractivity contribution in [3.63, 3.8) is 0 Å². The lowest BCUT2D eigenvalue weighted by Crippen LogP contribution is -2.52. The molecule has 2 aromatic rings. The number of hydrogen-bond acceptors (Lipinski definition) is 5. The number of aryl methyl sites for hydroxylation is 1. The molecule has 0 saturated carbocycles. The Balaban J connectivity index is 1.99. The zero-order chi connectivity index (χ0) is 16.3. The summed E-state index contributed by atoms with van der Waals surface area (Å²) in [4.78, 5) is 28.1. The van der Waals surface area contributed by atoms with Gasteiger partial charge in [0.1, 0.15) is 5.54 Å². The maximum absolute atomic E-state index is 12.8. The Kier molecular flexibility index (Phi) is 4.34. The van der Waals surface area contributed by atoms with Crippen LogP contribution in [0.4, 0.5) is 0 Å². The van der Waals surface area contributed by atoms with Crippen LogP contribution in [-0.4, -0.2) is 39.4 Å². The first-order valence-electron chi connectivity index (χ1n) is 7.83. The van der Waals surface area contributed by atoms with Crippen LogP contribution in [0.15, 0.2) is 36.8 Å². The molecule has 23 heavy (non-hydrogen) atoms. The van der Waals surface area contributed by atoms with E-state index in [1.54, 1.807) is 25.6 Å². The summed E-state index contributed by atoms with van der Waals surface area (Å²) >= 11 is 0. The van der Waals surface area contributed by atoms with E-state index >= 15 is 0 Å². The van der Waals surface area contributed by atoms with Crippen LogP contribution in [0, 0.1) is 6.92 Å². The zero-order valence-corrected chi connectivity index (χ0v) is 13.5. The molecule has 3 heterocycles. The predicted octanol–water partition coefficient (Wildman–Crippen LogP) is 1.42. The minimum atomic E-state index is -0.769. The molecular weight excluding hydrogens is 290 g/mol. The number of rotatable bonds is 4. The molecule has 3 rings (SSSR count). The molecule has 0 aromatic carbocycles. The van der Waals surface area contributed by atoms with Crippen LogP contribution in [0.3, 0.4) is 0 Å². The summed E-state index contributed by atoms with van der Waals surface area (Å²) in [6.45, 7) is 3.42. The van der Waals surface area contributed by atoms with E-state index in [9.17, 15) is 4.79 Å². The first-order chi connectivity index (χ1) is 11.2. The zero-order valence-electron chi connectivity index (χ0n) is 13.5. The SMILES string of the molecule is CNC(=O)C1(c2cnccn2)CCCN1Cc1cccc(C)n1. The van der Waals surface area contributed by atoms with Crippen molar-refractivity contribution in [1.29, 1.82) is 0 Å². The first-order valence-corrected chi connectivity index (χ1v) is 7.83. The van der Waals surface area contributed by atoms with Gasteiger partial charge in [0, 0.05) is 38.2 Å². The minimum Gasteiger partial charge on any atom is -0.357 e. The highest BCUT2D eigenvalue weighted by molar-refractivity contribution is 5.87. The van der Waals surface area contributed by atoms with Gasteiger partial charge in [0.05, 0.1) is 17.6 Å². The van der Waals surface area contributed by atoms with Gasteiger partial charge in [0.25, 0.3) is 0 Å². The van der Waals surface area contributed by atoms with Gasteiger partial charge >= 0.3 is 0 Å². The lowest BCUT2D eigenvalue weighted by molar-refractivity contribution is -0.132. The number of likely N-dealkylation sites (N-methyl/N-ethyl adjacent to an activating group) is 1. The molecule has 1 aliphatic rings. The molecule has 0 spiro atoms. The quantitative estimate of drug-likeness (QED) is 0.924. The molecule has 1 atom stereocenters. The Morgan fingerprint density at radius 1 is 1.39 bits per heavy atom. The van der Waals surface area contributed by atoms with E-state index in [0.717, 1.165) is 30.8 Å². The van der Waals surface area contributed by atoms with Crippen LogP contribution in [0.5, 0.6) is 0 Å². The van der Waals surface area contributed by atoms with Crippen molar-refractivity contribution in [2.75, 3.05) is 13.6 Å². The number of nitrogens with zero attached hydrogens (tertiary/aromatic N) is 4. The van der Waals surface area contributed by atoms with E-state index < -0.39 is 5.54 Å². The van der Waals surface area contributed by atoms with Crippen LogP contribution in [0.2, 0.25) is 0 Å². The van der Waals surface area contributed by atoms with Crippen molar-refractivity contribution in [3.05, 3.63) is 53.9 Å². The van der Waals surface area contributed by atoms with Gasteiger partial charge < -0.3 is 5.32 Å². The fourth-order valence-corrected chi connectivity index (χ4v) is 3.35. The van der Waals surface area contributed by atoms with Crippen molar-refractivity contribution in [2.45, 2.75) is 31.8 Å². The molecule has 6 nitrogen and oxygen atoms in total. The van der Waals surface area contributed by atoms with E-state index in [-0.39, 0.29) is 5.91 Å². The van der Waals surface area contributed by atoms with Gasteiger partial charge in [-0.15, -0.1) is 0 Å². The normalized spacial score (nSPS) is 21.3. The van der Waals surface area contributed by atoms with E-state index in [1.165, 1.54) is 0 Å². The summed E-state index contributed by atoms with van der Waals surface area (Å²) in [6.07, 6.45) is 6.63. The summed E-state index contributed by atoms with van der Waals surface area (Å²) in [7, 11) is 1.67. The van der Waals surface area contributed by atoms with Crippen LogP contribution >= 0.6 is 0 Å². The Morgan fingerprint density at radius 3 is 2.96 bits per heavy atom. The molecule has 1 amide bonds. The maximum atomic E-state index is 12.8. The van der Waals surface area contributed by atoms with Crippen molar-refractivity contribution < 1.29 is 4.79 Å². The summed E-state index contributed by atoms with van der Waals surface area (Å²) < 4.78 is 0. The smallest absolute Gasteiger partial charge is 0.246 e. The summed E-state index contributed by atoms with van der Waals surface area (Å²) in [5.74, 6) is -0.0387. The number of amides is 1. The van der Waals surface area contributed by atoms with Gasteiger partial charge in [-0.25, -0.2) is 0 Å². The second-order valence-corrected chi connectivity index (χ2v) is 5.83. The molecule has 1 saturated heterocycles. The van der Waals surface area contributed by atoms with Crippen LogP contribution < -0.4 is 5.32 Å². The first kappa shape index (κ1) is 15.6. The topological polar surface area (TPSA) is 71.0 Å². The highest BCUT2D eigenvalue weighted by Gasteiger charge is 2.49. The Morgan fingerprint density at radius 2 is 2.26 bits per heavy atom. The average molecular weight is 311 g/mol. The third-order valence-electron chi connectivity index (χ3n) is 4.39. The predicted molar refractivity (Wildman–Crippen MR) is 86.4 cm³/mol. The van der Waals surface area contributed by atoms with Gasteiger partial charge in [0.15, 0.2) is 0 Å². The second-order valence-electron chi connectivity index (χ2n) is 5.83. The summed E-state index contributed by atoms with van der Waals surface area (Å²) in [5, 5.41) is 2.80. The molecule has 0 radical (unpaired) electrons. The van der Waals surface area contributed by atoms with Gasteiger partial charge in [-0.2, -0.15) is 0 Å². The molecule has 1 aliphatic heterocycles. The third-order valence-corrected chi connectivity index (χ3v) is 4.39. The van der Waals surface area contributed by atoms with Gasteiger partial charge in [-0.3, -0.25) is 24.6 Å².